The smallest absolute Gasteiger partial charge is 0.138 e. The standard InChI is InChI=1S/C11H21NO.C2H6/c1-4-6-11(7-5-2)8-10(3)12-9-13-11;1-2/h4-9H2,1-3H3;1-2H3. The molecule has 1 rings (SSSR count). The third kappa shape index (κ3) is 4.78. The number of nitrogens with zero attached hydrogens (tertiary/aromatic N) is 1. The van der Waals surface area contributed by atoms with Gasteiger partial charge < -0.3 is 4.74 Å². The molecule has 0 atom stereocenters. The number of hydrogen-bond acceptors (Lipinski definition) is 2. The maximum atomic E-state index is 5.83. The second kappa shape index (κ2) is 7.86. The monoisotopic (exact) mass is 213 g/mol. The van der Waals surface area contributed by atoms with Gasteiger partial charge in [0.05, 0.1) is 5.60 Å². The van der Waals surface area contributed by atoms with Gasteiger partial charge in [-0.1, -0.05) is 40.5 Å². The molecule has 0 unspecified atom stereocenters. The molecule has 1 heterocycles. The number of hydrogen-bond donors (Lipinski definition) is 0. The van der Waals surface area contributed by atoms with Gasteiger partial charge in [0.25, 0.3) is 0 Å². The van der Waals surface area contributed by atoms with Crippen LogP contribution in [-0.4, -0.2) is 18.0 Å². The quantitative estimate of drug-likeness (QED) is 0.686. The number of rotatable bonds is 4. The summed E-state index contributed by atoms with van der Waals surface area (Å²) in [5.41, 5.74) is 1.38. The van der Waals surface area contributed by atoms with E-state index in [4.69, 9.17) is 4.74 Å². The van der Waals surface area contributed by atoms with Crippen molar-refractivity contribution >= 4 is 5.71 Å². The van der Waals surface area contributed by atoms with Crippen molar-refractivity contribution in [3.05, 3.63) is 0 Å². The van der Waals surface area contributed by atoms with Crippen LogP contribution in [0.4, 0.5) is 0 Å². The van der Waals surface area contributed by atoms with Crippen LogP contribution >= 0.6 is 0 Å². The summed E-state index contributed by atoms with van der Waals surface area (Å²) in [6.07, 6.45) is 5.79. The van der Waals surface area contributed by atoms with Gasteiger partial charge in [-0.25, -0.2) is 0 Å². The summed E-state index contributed by atoms with van der Waals surface area (Å²) in [7, 11) is 0. The normalized spacial score (nSPS) is 18.9. The Morgan fingerprint density at radius 2 is 1.73 bits per heavy atom. The molecular weight excluding hydrogens is 186 g/mol. The molecule has 0 aromatic heterocycles. The van der Waals surface area contributed by atoms with Crippen molar-refractivity contribution in [3.8, 4) is 0 Å². The Bertz CT molecular complexity index is 181. The van der Waals surface area contributed by atoms with E-state index in [0.717, 1.165) is 6.42 Å². The maximum Gasteiger partial charge on any atom is 0.138 e. The van der Waals surface area contributed by atoms with Gasteiger partial charge in [0.1, 0.15) is 6.73 Å². The fourth-order valence-corrected chi connectivity index (χ4v) is 2.21. The van der Waals surface area contributed by atoms with Gasteiger partial charge in [0.15, 0.2) is 0 Å². The van der Waals surface area contributed by atoms with Crippen LogP contribution in [0.15, 0.2) is 4.99 Å². The fourth-order valence-electron chi connectivity index (χ4n) is 2.21. The first-order valence-electron chi connectivity index (χ1n) is 6.36. The van der Waals surface area contributed by atoms with Gasteiger partial charge >= 0.3 is 0 Å². The summed E-state index contributed by atoms with van der Waals surface area (Å²) < 4.78 is 5.83. The molecule has 0 radical (unpaired) electrons. The zero-order chi connectivity index (χ0) is 11.7. The van der Waals surface area contributed by atoms with E-state index in [1.165, 1.54) is 31.4 Å². The molecule has 90 valence electrons. The van der Waals surface area contributed by atoms with Crippen LogP contribution in [-0.2, 0) is 4.74 Å². The topological polar surface area (TPSA) is 21.6 Å². The molecule has 0 aromatic carbocycles. The fraction of sp³-hybridized carbons (Fsp3) is 0.923. The highest BCUT2D eigenvalue weighted by atomic mass is 16.5. The van der Waals surface area contributed by atoms with Gasteiger partial charge in [-0.15, -0.1) is 0 Å². The Hall–Kier alpha value is -0.370. The first kappa shape index (κ1) is 14.6. The van der Waals surface area contributed by atoms with Crippen molar-refractivity contribution < 1.29 is 4.74 Å². The van der Waals surface area contributed by atoms with Crippen molar-refractivity contribution in [2.24, 2.45) is 4.99 Å². The molecule has 0 amide bonds. The molecule has 0 saturated carbocycles. The number of ether oxygens (including phenoxy) is 1. The summed E-state index contributed by atoms with van der Waals surface area (Å²) in [6.45, 7) is 11.1. The van der Waals surface area contributed by atoms with Crippen LogP contribution in [0.25, 0.3) is 0 Å². The lowest BCUT2D eigenvalue weighted by Crippen LogP contribution is -2.37. The van der Waals surface area contributed by atoms with Crippen molar-refractivity contribution in [2.75, 3.05) is 6.73 Å². The highest BCUT2D eigenvalue weighted by Gasteiger charge is 2.31. The van der Waals surface area contributed by atoms with Crippen LogP contribution in [0.1, 0.15) is 66.7 Å². The lowest BCUT2D eigenvalue weighted by atomic mass is 9.87. The lowest BCUT2D eigenvalue weighted by Gasteiger charge is -2.36. The first-order valence-corrected chi connectivity index (χ1v) is 6.36. The lowest BCUT2D eigenvalue weighted by molar-refractivity contribution is -0.0575. The Balaban J connectivity index is 0.000000921. The highest BCUT2D eigenvalue weighted by Crippen LogP contribution is 2.31. The summed E-state index contributed by atoms with van der Waals surface area (Å²) in [4.78, 5) is 4.28. The van der Waals surface area contributed by atoms with E-state index in [0.29, 0.717) is 6.73 Å². The largest absolute Gasteiger partial charge is 0.352 e. The Labute approximate surface area is 95.1 Å². The van der Waals surface area contributed by atoms with Crippen LogP contribution in [0.5, 0.6) is 0 Å². The minimum atomic E-state index is 0.120. The summed E-state index contributed by atoms with van der Waals surface area (Å²) >= 11 is 0. The summed E-state index contributed by atoms with van der Waals surface area (Å²) in [6, 6.07) is 0. The molecule has 1 aliphatic rings. The Kier molecular flexibility index (Phi) is 7.67. The van der Waals surface area contributed by atoms with Gasteiger partial charge in [-0.05, 0) is 19.8 Å². The molecule has 1 aliphatic heterocycles. The van der Waals surface area contributed by atoms with Gasteiger partial charge in [0, 0.05) is 12.1 Å². The van der Waals surface area contributed by atoms with Crippen molar-refractivity contribution in [1.82, 2.24) is 0 Å². The molecule has 2 heteroatoms. The molecule has 15 heavy (non-hydrogen) atoms. The van der Waals surface area contributed by atoms with E-state index in [2.05, 4.69) is 25.8 Å². The van der Waals surface area contributed by atoms with E-state index < -0.39 is 0 Å². The molecule has 0 spiro atoms. The van der Waals surface area contributed by atoms with Crippen LogP contribution < -0.4 is 0 Å². The van der Waals surface area contributed by atoms with Crippen molar-refractivity contribution in [3.63, 3.8) is 0 Å². The minimum absolute atomic E-state index is 0.120. The van der Waals surface area contributed by atoms with E-state index >= 15 is 0 Å². The Morgan fingerprint density at radius 1 is 1.20 bits per heavy atom. The van der Waals surface area contributed by atoms with E-state index in [-0.39, 0.29) is 5.60 Å². The average Bonchev–Trinajstić information content (AvgIpc) is 2.21. The van der Waals surface area contributed by atoms with Crippen molar-refractivity contribution in [2.45, 2.75) is 72.3 Å². The SMILES string of the molecule is CC.CCCC1(CCC)CC(C)=NCO1. The average molecular weight is 213 g/mol. The van der Waals surface area contributed by atoms with Gasteiger partial charge in [0.2, 0.25) is 0 Å². The predicted molar refractivity (Wildman–Crippen MR) is 67.6 cm³/mol. The van der Waals surface area contributed by atoms with Crippen LogP contribution in [0.3, 0.4) is 0 Å². The van der Waals surface area contributed by atoms with Gasteiger partial charge in [-0.3, -0.25) is 4.99 Å². The second-order valence-electron chi connectivity index (χ2n) is 4.03. The summed E-state index contributed by atoms with van der Waals surface area (Å²) in [5.74, 6) is 0. The molecule has 0 bridgehead atoms. The molecule has 0 aliphatic carbocycles. The van der Waals surface area contributed by atoms with Crippen molar-refractivity contribution in [1.29, 1.82) is 0 Å². The number of aliphatic imine (C=N–C) groups is 1. The molecule has 0 fully saturated rings. The molecular formula is C13H27NO. The van der Waals surface area contributed by atoms with E-state index in [1.54, 1.807) is 0 Å². The van der Waals surface area contributed by atoms with Crippen LogP contribution in [0.2, 0.25) is 0 Å². The van der Waals surface area contributed by atoms with Gasteiger partial charge in [-0.2, -0.15) is 0 Å². The zero-order valence-electron chi connectivity index (χ0n) is 11.1. The Morgan fingerprint density at radius 3 is 2.13 bits per heavy atom. The highest BCUT2D eigenvalue weighted by molar-refractivity contribution is 5.83. The minimum Gasteiger partial charge on any atom is -0.352 e. The first-order chi connectivity index (χ1) is 7.22. The second-order valence-corrected chi connectivity index (χ2v) is 4.03. The zero-order valence-corrected chi connectivity index (χ0v) is 11.1. The van der Waals surface area contributed by atoms with Crippen LogP contribution in [0, 0.1) is 0 Å². The molecule has 0 aromatic rings. The molecule has 0 saturated heterocycles. The predicted octanol–water partition coefficient (Wildman–Crippen LogP) is 4.19. The molecule has 2 nitrogen and oxygen atoms in total. The third-order valence-corrected chi connectivity index (χ3v) is 2.69. The third-order valence-electron chi connectivity index (χ3n) is 2.69. The molecule has 0 N–H and O–H groups in total. The van der Waals surface area contributed by atoms with E-state index in [9.17, 15) is 0 Å². The van der Waals surface area contributed by atoms with E-state index in [1.807, 2.05) is 13.8 Å². The maximum absolute atomic E-state index is 5.83. The summed E-state index contributed by atoms with van der Waals surface area (Å²) in [5, 5.41) is 0.